The van der Waals surface area contributed by atoms with Crippen LogP contribution in [0.15, 0.2) is 11.6 Å². The number of carbonyl (C=O) groups is 1. The molecule has 3 rings (SSSR count). The van der Waals surface area contributed by atoms with E-state index in [0.717, 1.165) is 24.6 Å². The van der Waals surface area contributed by atoms with Crippen LogP contribution in [-0.4, -0.2) is 48.4 Å². The summed E-state index contributed by atoms with van der Waals surface area (Å²) in [6, 6.07) is 0. The Balaban J connectivity index is 1.59. The number of hydrogen-bond acceptors (Lipinski definition) is 2. The lowest BCUT2D eigenvalue weighted by molar-refractivity contribution is -0.125. The highest BCUT2D eigenvalue weighted by atomic mass is 16.2. The number of allylic oxidation sites excluding steroid dienone is 1. The van der Waals surface area contributed by atoms with Crippen molar-refractivity contribution in [2.45, 2.75) is 46.0 Å². The van der Waals surface area contributed by atoms with E-state index in [4.69, 9.17) is 0 Å². The van der Waals surface area contributed by atoms with E-state index in [-0.39, 0.29) is 5.91 Å². The highest BCUT2D eigenvalue weighted by Crippen LogP contribution is 2.40. The zero-order valence-electron chi connectivity index (χ0n) is 13.0. The minimum Gasteiger partial charge on any atom is -0.339 e. The number of amides is 1. The van der Waals surface area contributed by atoms with E-state index in [1.54, 1.807) is 6.08 Å². The third kappa shape index (κ3) is 3.25. The molecule has 112 valence electrons. The van der Waals surface area contributed by atoms with Gasteiger partial charge in [-0.05, 0) is 58.4 Å². The van der Waals surface area contributed by atoms with Crippen LogP contribution in [0.1, 0.15) is 46.0 Å². The molecule has 0 bridgehead atoms. The van der Waals surface area contributed by atoms with E-state index in [2.05, 4.69) is 9.80 Å². The molecule has 20 heavy (non-hydrogen) atoms. The SMILES string of the molecule is CC(C)=CC(=O)N1CC[C@]2(CCCN(CC3CC3)C2)C1. The van der Waals surface area contributed by atoms with Gasteiger partial charge in [0.05, 0.1) is 0 Å². The quantitative estimate of drug-likeness (QED) is 0.740. The standard InChI is InChI=1S/C17H28N2O/c1-14(2)10-16(20)19-9-7-17(13-19)6-3-8-18(12-17)11-15-4-5-15/h10,15H,3-9,11-13H2,1-2H3/t17-/m0/s1. The molecule has 3 nitrogen and oxygen atoms in total. The van der Waals surface area contributed by atoms with Gasteiger partial charge in [-0.2, -0.15) is 0 Å². The fraction of sp³-hybridized carbons (Fsp3) is 0.824. The Morgan fingerprint density at radius 3 is 2.70 bits per heavy atom. The molecule has 0 aromatic rings. The maximum absolute atomic E-state index is 12.2. The summed E-state index contributed by atoms with van der Waals surface area (Å²) in [4.78, 5) is 16.9. The molecule has 0 N–H and O–H groups in total. The van der Waals surface area contributed by atoms with Crippen molar-refractivity contribution >= 4 is 5.91 Å². The first kappa shape index (κ1) is 14.1. The molecule has 1 atom stereocenters. The van der Waals surface area contributed by atoms with Crippen LogP contribution < -0.4 is 0 Å². The molecule has 2 aliphatic heterocycles. The van der Waals surface area contributed by atoms with Crippen molar-refractivity contribution in [2.75, 3.05) is 32.7 Å². The summed E-state index contributed by atoms with van der Waals surface area (Å²) >= 11 is 0. The van der Waals surface area contributed by atoms with Crippen molar-refractivity contribution in [3.8, 4) is 0 Å². The molecular weight excluding hydrogens is 248 g/mol. The van der Waals surface area contributed by atoms with E-state index in [0.29, 0.717) is 5.41 Å². The zero-order valence-corrected chi connectivity index (χ0v) is 13.0. The summed E-state index contributed by atoms with van der Waals surface area (Å²) < 4.78 is 0. The van der Waals surface area contributed by atoms with Crippen LogP contribution in [0.4, 0.5) is 0 Å². The van der Waals surface area contributed by atoms with Crippen LogP contribution in [0.3, 0.4) is 0 Å². The van der Waals surface area contributed by atoms with Crippen molar-refractivity contribution < 1.29 is 4.79 Å². The molecule has 1 spiro atoms. The fourth-order valence-corrected chi connectivity index (χ4v) is 3.93. The second kappa shape index (κ2) is 5.51. The highest BCUT2D eigenvalue weighted by molar-refractivity contribution is 5.88. The summed E-state index contributed by atoms with van der Waals surface area (Å²) in [6.07, 6.45) is 8.51. The van der Waals surface area contributed by atoms with E-state index in [1.807, 2.05) is 13.8 Å². The van der Waals surface area contributed by atoms with E-state index in [9.17, 15) is 4.79 Å². The summed E-state index contributed by atoms with van der Waals surface area (Å²) in [5.74, 6) is 1.20. The van der Waals surface area contributed by atoms with Gasteiger partial charge < -0.3 is 9.80 Å². The molecule has 2 saturated heterocycles. The van der Waals surface area contributed by atoms with Gasteiger partial charge in [0.2, 0.25) is 5.91 Å². The van der Waals surface area contributed by atoms with E-state index < -0.39 is 0 Å². The maximum atomic E-state index is 12.2. The zero-order chi connectivity index (χ0) is 14.2. The van der Waals surface area contributed by atoms with Crippen molar-refractivity contribution in [2.24, 2.45) is 11.3 Å². The lowest BCUT2D eigenvalue weighted by Crippen LogP contribution is -2.45. The average Bonchev–Trinajstić information content (AvgIpc) is 3.09. The molecule has 3 heteroatoms. The van der Waals surface area contributed by atoms with E-state index >= 15 is 0 Å². The summed E-state index contributed by atoms with van der Waals surface area (Å²) in [5.41, 5.74) is 1.51. The Bertz CT molecular complexity index is 409. The van der Waals surface area contributed by atoms with Crippen molar-refractivity contribution in [3.05, 3.63) is 11.6 Å². The van der Waals surface area contributed by atoms with Crippen LogP contribution in [0.25, 0.3) is 0 Å². The van der Waals surface area contributed by atoms with Crippen molar-refractivity contribution in [3.63, 3.8) is 0 Å². The van der Waals surface area contributed by atoms with Gasteiger partial charge in [0, 0.05) is 37.7 Å². The van der Waals surface area contributed by atoms with Crippen LogP contribution in [-0.2, 0) is 4.79 Å². The number of likely N-dealkylation sites (tertiary alicyclic amines) is 2. The monoisotopic (exact) mass is 276 g/mol. The Morgan fingerprint density at radius 2 is 2.00 bits per heavy atom. The molecule has 1 aliphatic carbocycles. The molecule has 0 aromatic carbocycles. The minimum absolute atomic E-state index is 0.223. The van der Waals surface area contributed by atoms with Crippen LogP contribution >= 0.6 is 0 Å². The lowest BCUT2D eigenvalue weighted by Gasteiger charge is -2.40. The smallest absolute Gasteiger partial charge is 0.246 e. The number of carbonyl (C=O) groups excluding carboxylic acids is 1. The predicted octanol–water partition coefficient (Wildman–Crippen LogP) is 2.68. The Hall–Kier alpha value is -0.830. The van der Waals surface area contributed by atoms with Gasteiger partial charge in [0.25, 0.3) is 0 Å². The number of hydrogen-bond donors (Lipinski definition) is 0. The van der Waals surface area contributed by atoms with Crippen LogP contribution in [0, 0.1) is 11.3 Å². The lowest BCUT2D eigenvalue weighted by atomic mass is 9.79. The van der Waals surface area contributed by atoms with Gasteiger partial charge in [-0.1, -0.05) is 5.57 Å². The Kier molecular flexibility index (Phi) is 3.89. The topological polar surface area (TPSA) is 23.6 Å². The predicted molar refractivity (Wildman–Crippen MR) is 81.5 cm³/mol. The van der Waals surface area contributed by atoms with Crippen molar-refractivity contribution in [1.82, 2.24) is 9.80 Å². The number of rotatable bonds is 3. The molecule has 0 radical (unpaired) electrons. The number of piperidine rings is 1. The first-order chi connectivity index (χ1) is 9.56. The fourth-order valence-electron chi connectivity index (χ4n) is 3.93. The van der Waals surface area contributed by atoms with Gasteiger partial charge in [-0.15, -0.1) is 0 Å². The molecular formula is C17H28N2O. The third-order valence-electron chi connectivity index (χ3n) is 5.12. The Morgan fingerprint density at radius 1 is 1.20 bits per heavy atom. The first-order valence-corrected chi connectivity index (χ1v) is 8.23. The maximum Gasteiger partial charge on any atom is 0.246 e. The molecule has 0 unspecified atom stereocenters. The average molecular weight is 276 g/mol. The van der Waals surface area contributed by atoms with Gasteiger partial charge in [-0.3, -0.25) is 4.79 Å². The molecule has 1 saturated carbocycles. The number of nitrogens with zero attached hydrogens (tertiary/aromatic N) is 2. The summed E-state index contributed by atoms with van der Waals surface area (Å²) in [6.45, 7) is 9.76. The summed E-state index contributed by atoms with van der Waals surface area (Å²) in [5, 5.41) is 0. The second-order valence-electron chi connectivity index (χ2n) is 7.51. The van der Waals surface area contributed by atoms with Crippen molar-refractivity contribution in [1.29, 1.82) is 0 Å². The summed E-state index contributed by atoms with van der Waals surface area (Å²) in [7, 11) is 0. The van der Waals surface area contributed by atoms with Gasteiger partial charge in [-0.25, -0.2) is 0 Å². The third-order valence-corrected chi connectivity index (χ3v) is 5.12. The Labute approximate surface area is 123 Å². The van der Waals surface area contributed by atoms with Gasteiger partial charge >= 0.3 is 0 Å². The van der Waals surface area contributed by atoms with E-state index in [1.165, 1.54) is 51.7 Å². The molecule has 2 heterocycles. The molecule has 1 amide bonds. The molecule has 3 aliphatic rings. The highest BCUT2D eigenvalue weighted by Gasteiger charge is 2.43. The molecule has 0 aromatic heterocycles. The second-order valence-corrected chi connectivity index (χ2v) is 7.51. The normalized spacial score (nSPS) is 30.8. The van der Waals surface area contributed by atoms with Crippen LogP contribution in [0.2, 0.25) is 0 Å². The minimum atomic E-state index is 0.223. The van der Waals surface area contributed by atoms with Gasteiger partial charge in [0.15, 0.2) is 0 Å². The molecule has 3 fully saturated rings. The first-order valence-electron chi connectivity index (χ1n) is 8.23. The van der Waals surface area contributed by atoms with Gasteiger partial charge in [0.1, 0.15) is 0 Å². The van der Waals surface area contributed by atoms with Crippen LogP contribution in [0.5, 0.6) is 0 Å². The largest absolute Gasteiger partial charge is 0.339 e.